The van der Waals surface area contributed by atoms with Gasteiger partial charge in [0.25, 0.3) is 0 Å². The van der Waals surface area contributed by atoms with E-state index in [2.05, 4.69) is 33.0 Å². The first-order chi connectivity index (χ1) is 9.01. The Labute approximate surface area is 123 Å². The third-order valence-electron chi connectivity index (χ3n) is 4.42. The van der Waals surface area contributed by atoms with E-state index in [1.807, 2.05) is 0 Å². The maximum atomic E-state index is 11.7. The van der Waals surface area contributed by atoms with Gasteiger partial charge < -0.3 is 10.1 Å². The van der Waals surface area contributed by atoms with E-state index in [0.717, 1.165) is 19.3 Å². The molecule has 0 spiro atoms. The zero-order valence-electron chi connectivity index (χ0n) is 13.3. The maximum absolute atomic E-state index is 11.7. The van der Waals surface area contributed by atoms with E-state index in [4.69, 9.17) is 4.74 Å². The van der Waals surface area contributed by atoms with Gasteiger partial charge in [-0.25, -0.2) is 8.42 Å². The molecule has 0 aromatic rings. The number of nitrogens with zero attached hydrogens (tertiary/aromatic N) is 1. The van der Waals surface area contributed by atoms with Crippen molar-refractivity contribution in [3.8, 4) is 0 Å². The fourth-order valence-corrected chi connectivity index (χ4v) is 4.79. The molecule has 20 heavy (non-hydrogen) atoms. The van der Waals surface area contributed by atoms with Crippen molar-refractivity contribution < 1.29 is 13.2 Å². The quantitative estimate of drug-likeness (QED) is 0.852. The van der Waals surface area contributed by atoms with Crippen molar-refractivity contribution in [1.29, 1.82) is 0 Å². The third-order valence-corrected chi connectivity index (χ3v) is 5.76. The van der Waals surface area contributed by atoms with E-state index < -0.39 is 10.0 Å². The SMILES string of the molecule is CC1(C)C[C@@H](NC[C@H]2CCCN2S(C)(=O)=O)C(C)(C)O1. The fourth-order valence-electron chi connectivity index (χ4n) is 3.61. The van der Waals surface area contributed by atoms with Crippen LogP contribution >= 0.6 is 0 Å². The minimum Gasteiger partial charge on any atom is -0.368 e. The zero-order chi connectivity index (χ0) is 15.2. The molecule has 118 valence electrons. The van der Waals surface area contributed by atoms with Crippen LogP contribution in [0, 0.1) is 0 Å². The summed E-state index contributed by atoms with van der Waals surface area (Å²) in [6.45, 7) is 9.77. The molecule has 2 atom stereocenters. The van der Waals surface area contributed by atoms with Crippen LogP contribution in [0.5, 0.6) is 0 Å². The Morgan fingerprint density at radius 2 is 1.95 bits per heavy atom. The summed E-state index contributed by atoms with van der Waals surface area (Å²) >= 11 is 0. The molecule has 2 fully saturated rings. The Hall–Kier alpha value is -0.170. The Kier molecular flexibility index (Phi) is 4.24. The van der Waals surface area contributed by atoms with E-state index in [1.54, 1.807) is 4.31 Å². The summed E-state index contributed by atoms with van der Waals surface area (Å²) in [6.07, 6.45) is 4.15. The molecular formula is C14H28N2O3S. The van der Waals surface area contributed by atoms with Crippen LogP contribution < -0.4 is 5.32 Å². The number of rotatable bonds is 4. The molecule has 1 N–H and O–H groups in total. The number of hydrogen-bond acceptors (Lipinski definition) is 4. The first kappa shape index (κ1) is 16.2. The first-order valence-electron chi connectivity index (χ1n) is 7.42. The summed E-state index contributed by atoms with van der Waals surface area (Å²) in [7, 11) is -3.09. The second-order valence-corrected chi connectivity index (χ2v) is 9.23. The Morgan fingerprint density at radius 1 is 1.30 bits per heavy atom. The van der Waals surface area contributed by atoms with Crippen LogP contribution in [-0.2, 0) is 14.8 Å². The molecular weight excluding hydrogens is 276 g/mol. The van der Waals surface area contributed by atoms with E-state index in [1.165, 1.54) is 6.26 Å². The fraction of sp³-hybridized carbons (Fsp3) is 1.00. The molecule has 0 radical (unpaired) electrons. The molecule has 0 aromatic carbocycles. The predicted molar refractivity (Wildman–Crippen MR) is 80.2 cm³/mol. The van der Waals surface area contributed by atoms with Crippen LogP contribution in [0.1, 0.15) is 47.0 Å². The first-order valence-corrected chi connectivity index (χ1v) is 9.26. The smallest absolute Gasteiger partial charge is 0.211 e. The molecule has 2 aliphatic rings. The predicted octanol–water partition coefficient (Wildman–Crippen LogP) is 1.35. The molecule has 2 heterocycles. The van der Waals surface area contributed by atoms with Crippen molar-refractivity contribution in [1.82, 2.24) is 9.62 Å². The molecule has 2 aliphatic heterocycles. The molecule has 6 heteroatoms. The highest BCUT2D eigenvalue weighted by Gasteiger charge is 2.46. The van der Waals surface area contributed by atoms with Gasteiger partial charge in [0.05, 0.1) is 17.5 Å². The van der Waals surface area contributed by atoms with Gasteiger partial charge in [-0.3, -0.25) is 0 Å². The average Bonchev–Trinajstić information content (AvgIpc) is 2.76. The largest absolute Gasteiger partial charge is 0.368 e. The summed E-state index contributed by atoms with van der Waals surface area (Å²) < 4.78 is 31.2. The summed E-state index contributed by atoms with van der Waals surface area (Å²) in [6, 6.07) is 0.351. The van der Waals surface area contributed by atoms with Gasteiger partial charge in [-0.1, -0.05) is 0 Å². The van der Waals surface area contributed by atoms with Crippen molar-refractivity contribution in [3.05, 3.63) is 0 Å². The zero-order valence-corrected chi connectivity index (χ0v) is 14.1. The van der Waals surface area contributed by atoms with Gasteiger partial charge in [-0.2, -0.15) is 4.31 Å². The summed E-state index contributed by atoms with van der Waals surface area (Å²) in [5.74, 6) is 0. The van der Waals surface area contributed by atoms with Gasteiger partial charge in [0.2, 0.25) is 10.0 Å². The van der Waals surface area contributed by atoms with Gasteiger partial charge in [0.15, 0.2) is 0 Å². The molecule has 0 saturated carbocycles. The molecule has 0 aliphatic carbocycles. The van der Waals surface area contributed by atoms with Crippen molar-refractivity contribution in [3.63, 3.8) is 0 Å². The molecule has 2 rings (SSSR count). The van der Waals surface area contributed by atoms with E-state index in [9.17, 15) is 8.42 Å². The third kappa shape index (κ3) is 3.53. The molecule has 0 amide bonds. The summed E-state index contributed by atoms with van der Waals surface area (Å²) in [5.41, 5.74) is -0.328. The summed E-state index contributed by atoms with van der Waals surface area (Å²) in [4.78, 5) is 0. The number of ether oxygens (including phenoxy) is 1. The van der Waals surface area contributed by atoms with Crippen LogP contribution in [0.4, 0.5) is 0 Å². The van der Waals surface area contributed by atoms with Gasteiger partial charge in [-0.15, -0.1) is 0 Å². The molecule has 0 unspecified atom stereocenters. The van der Waals surface area contributed by atoms with Crippen LogP contribution in [0.25, 0.3) is 0 Å². The molecule has 2 saturated heterocycles. The summed E-state index contributed by atoms with van der Waals surface area (Å²) in [5, 5.41) is 3.54. The maximum Gasteiger partial charge on any atom is 0.211 e. The second-order valence-electron chi connectivity index (χ2n) is 7.30. The van der Waals surface area contributed by atoms with Crippen molar-refractivity contribution in [2.75, 3.05) is 19.3 Å². The van der Waals surface area contributed by atoms with Crippen LogP contribution in [0.2, 0.25) is 0 Å². The average molecular weight is 304 g/mol. The van der Waals surface area contributed by atoms with Gasteiger partial charge in [0, 0.05) is 25.2 Å². The second kappa shape index (κ2) is 5.23. The molecule has 0 bridgehead atoms. The van der Waals surface area contributed by atoms with E-state index in [-0.39, 0.29) is 23.3 Å². The van der Waals surface area contributed by atoms with Crippen molar-refractivity contribution in [2.24, 2.45) is 0 Å². The minimum absolute atomic E-state index is 0.0875. The minimum atomic E-state index is -3.09. The molecule has 0 aromatic heterocycles. The highest BCUT2D eigenvalue weighted by atomic mass is 32.2. The Morgan fingerprint density at radius 3 is 2.45 bits per heavy atom. The van der Waals surface area contributed by atoms with E-state index in [0.29, 0.717) is 13.1 Å². The monoisotopic (exact) mass is 304 g/mol. The van der Waals surface area contributed by atoms with Gasteiger partial charge in [-0.05, 0) is 47.0 Å². The lowest BCUT2D eigenvalue weighted by molar-refractivity contribution is -0.0699. The van der Waals surface area contributed by atoms with Crippen molar-refractivity contribution >= 4 is 10.0 Å². The van der Waals surface area contributed by atoms with Crippen LogP contribution in [-0.4, -0.2) is 55.4 Å². The standard InChI is InChI=1S/C14H28N2O3S/c1-13(2)9-12(14(3,4)19-13)15-10-11-7-6-8-16(11)20(5,17)18/h11-12,15H,6-10H2,1-5H3/t11-,12-/m1/s1. The lowest BCUT2D eigenvalue weighted by Crippen LogP contribution is -2.49. The van der Waals surface area contributed by atoms with Crippen molar-refractivity contribution in [2.45, 2.75) is 70.2 Å². The van der Waals surface area contributed by atoms with Gasteiger partial charge in [0.1, 0.15) is 0 Å². The van der Waals surface area contributed by atoms with Crippen LogP contribution in [0.3, 0.4) is 0 Å². The lowest BCUT2D eigenvalue weighted by atomic mass is 9.94. The number of sulfonamides is 1. The van der Waals surface area contributed by atoms with Gasteiger partial charge >= 0.3 is 0 Å². The molecule has 5 nitrogen and oxygen atoms in total. The topological polar surface area (TPSA) is 58.6 Å². The lowest BCUT2D eigenvalue weighted by Gasteiger charge is -2.30. The Bertz CT molecular complexity index is 459. The highest BCUT2D eigenvalue weighted by molar-refractivity contribution is 7.88. The van der Waals surface area contributed by atoms with Crippen LogP contribution in [0.15, 0.2) is 0 Å². The highest BCUT2D eigenvalue weighted by Crippen LogP contribution is 2.37. The van der Waals surface area contributed by atoms with E-state index >= 15 is 0 Å². The number of nitrogens with one attached hydrogen (secondary N) is 1. The Balaban J connectivity index is 1.96. The normalized spacial score (nSPS) is 33.6. The number of hydrogen-bond donors (Lipinski definition) is 1.